The number of nitrogens with zero attached hydrogens (tertiary/aromatic N) is 2. The maximum Gasteiger partial charge on any atom is 0.242 e. The Morgan fingerprint density at radius 2 is 2.09 bits per heavy atom. The van der Waals surface area contributed by atoms with Crippen molar-refractivity contribution >= 4 is 21.4 Å². The number of fused-ring (bicyclic) bond motifs is 1. The number of nitrogens with one attached hydrogen (secondary N) is 1. The molecule has 1 aromatic heterocycles. The van der Waals surface area contributed by atoms with Gasteiger partial charge < -0.3 is 5.32 Å². The Hall–Kier alpha value is -1.92. The fraction of sp³-hybridized carbons (Fsp3) is 0.353. The lowest BCUT2D eigenvalue weighted by Crippen LogP contribution is -2.41. The van der Waals surface area contributed by atoms with Crippen LogP contribution in [0.25, 0.3) is 0 Å². The van der Waals surface area contributed by atoms with Crippen molar-refractivity contribution in [1.29, 1.82) is 0 Å². The Labute approximate surface area is 137 Å². The van der Waals surface area contributed by atoms with Crippen molar-refractivity contribution < 1.29 is 8.42 Å². The fourth-order valence-electron chi connectivity index (χ4n) is 3.04. The van der Waals surface area contributed by atoms with Crippen molar-refractivity contribution in [3.05, 3.63) is 54.4 Å². The van der Waals surface area contributed by atoms with Crippen LogP contribution in [0.3, 0.4) is 0 Å². The Balaban J connectivity index is 2.04. The van der Waals surface area contributed by atoms with Crippen LogP contribution in [-0.4, -0.2) is 32.2 Å². The number of sulfonamides is 1. The standard InChI is InChI=1S/C17H21N3O2S/c1-18-10-5-8-16-12-14-6-2-3-9-17(14)20(23(16,21)22)15-7-4-11-19-13-15/h2-4,6-7,9,11,13,16,18H,5,8,10,12H2,1H3/t16-/m1/s1. The van der Waals surface area contributed by atoms with E-state index in [2.05, 4.69) is 10.3 Å². The van der Waals surface area contributed by atoms with Crippen LogP contribution in [-0.2, 0) is 16.4 Å². The van der Waals surface area contributed by atoms with Crippen LogP contribution in [0.2, 0.25) is 0 Å². The molecule has 0 radical (unpaired) electrons. The molecule has 6 heteroatoms. The molecular weight excluding hydrogens is 310 g/mol. The van der Waals surface area contributed by atoms with Crippen LogP contribution in [0.1, 0.15) is 18.4 Å². The predicted octanol–water partition coefficient (Wildman–Crippen LogP) is 2.47. The zero-order valence-electron chi connectivity index (χ0n) is 13.1. The smallest absolute Gasteiger partial charge is 0.242 e. The van der Waals surface area contributed by atoms with Crippen molar-refractivity contribution in [3.8, 4) is 0 Å². The third-order valence-corrected chi connectivity index (χ3v) is 6.33. The first kappa shape index (κ1) is 16.0. The monoisotopic (exact) mass is 331 g/mol. The quantitative estimate of drug-likeness (QED) is 0.855. The molecular formula is C17H21N3O2S. The molecule has 122 valence electrons. The Bertz CT molecular complexity index is 762. The van der Waals surface area contributed by atoms with Crippen LogP contribution < -0.4 is 9.62 Å². The van der Waals surface area contributed by atoms with Gasteiger partial charge in [-0.25, -0.2) is 12.7 Å². The highest BCUT2D eigenvalue weighted by Crippen LogP contribution is 2.39. The van der Waals surface area contributed by atoms with Crippen LogP contribution >= 0.6 is 0 Å². The number of para-hydroxylation sites is 1. The molecule has 0 spiro atoms. The van der Waals surface area contributed by atoms with Crippen molar-refractivity contribution in [3.63, 3.8) is 0 Å². The molecule has 1 N–H and O–H groups in total. The summed E-state index contributed by atoms with van der Waals surface area (Å²) in [6.07, 6.45) is 5.30. The second kappa shape index (κ2) is 6.68. The molecule has 2 aromatic rings. The lowest BCUT2D eigenvalue weighted by molar-refractivity contribution is 0.554. The summed E-state index contributed by atoms with van der Waals surface area (Å²) in [6, 6.07) is 11.3. The number of benzene rings is 1. The van der Waals surface area contributed by atoms with Gasteiger partial charge >= 0.3 is 0 Å². The van der Waals surface area contributed by atoms with Gasteiger partial charge in [0.05, 0.1) is 22.8 Å². The molecule has 0 amide bonds. The molecule has 3 rings (SSSR count). The second-order valence-electron chi connectivity index (χ2n) is 5.72. The first-order valence-corrected chi connectivity index (χ1v) is 9.31. The Morgan fingerprint density at radius 3 is 2.83 bits per heavy atom. The summed E-state index contributed by atoms with van der Waals surface area (Å²) >= 11 is 0. The van der Waals surface area contributed by atoms with E-state index in [1.165, 1.54) is 4.31 Å². The lowest BCUT2D eigenvalue weighted by Gasteiger charge is -2.35. The summed E-state index contributed by atoms with van der Waals surface area (Å²) < 4.78 is 27.8. The van der Waals surface area contributed by atoms with E-state index in [9.17, 15) is 8.42 Å². The summed E-state index contributed by atoms with van der Waals surface area (Å²) in [4.78, 5) is 4.08. The van der Waals surface area contributed by atoms with Gasteiger partial charge in [-0.3, -0.25) is 4.98 Å². The molecule has 5 nitrogen and oxygen atoms in total. The summed E-state index contributed by atoms with van der Waals surface area (Å²) in [7, 11) is -1.56. The van der Waals surface area contributed by atoms with Crippen LogP contribution in [0, 0.1) is 0 Å². The largest absolute Gasteiger partial charge is 0.320 e. The van der Waals surface area contributed by atoms with Crippen molar-refractivity contribution in [2.45, 2.75) is 24.5 Å². The molecule has 0 saturated carbocycles. The average molecular weight is 331 g/mol. The molecule has 0 unspecified atom stereocenters. The van der Waals surface area contributed by atoms with Crippen LogP contribution in [0.15, 0.2) is 48.8 Å². The van der Waals surface area contributed by atoms with Crippen molar-refractivity contribution in [2.75, 3.05) is 17.9 Å². The average Bonchev–Trinajstić information content (AvgIpc) is 2.56. The van der Waals surface area contributed by atoms with E-state index in [-0.39, 0.29) is 0 Å². The highest BCUT2D eigenvalue weighted by molar-refractivity contribution is 7.93. The van der Waals surface area contributed by atoms with E-state index < -0.39 is 15.3 Å². The molecule has 0 aliphatic carbocycles. The summed E-state index contributed by atoms with van der Waals surface area (Å²) in [5.74, 6) is 0. The summed E-state index contributed by atoms with van der Waals surface area (Å²) in [5.41, 5.74) is 2.41. The number of aromatic nitrogens is 1. The lowest BCUT2D eigenvalue weighted by atomic mass is 10.0. The molecule has 1 atom stereocenters. The molecule has 0 fully saturated rings. The van der Waals surface area contributed by atoms with Crippen molar-refractivity contribution in [2.24, 2.45) is 0 Å². The number of anilines is 2. The van der Waals surface area contributed by atoms with Gasteiger partial charge in [-0.15, -0.1) is 0 Å². The number of pyridine rings is 1. The SMILES string of the molecule is CNCCC[C@@H]1Cc2ccccc2N(c2cccnc2)S1(=O)=O. The Morgan fingerprint density at radius 1 is 1.26 bits per heavy atom. The maximum absolute atomic E-state index is 13.1. The van der Waals surface area contributed by atoms with Gasteiger partial charge in [-0.1, -0.05) is 18.2 Å². The number of rotatable bonds is 5. The molecule has 0 saturated heterocycles. The topological polar surface area (TPSA) is 62.3 Å². The zero-order valence-corrected chi connectivity index (χ0v) is 14.0. The van der Waals surface area contributed by atoms with Crippen LogP contribution in [0.5, 0.6) is 0 Å². The van der Waals surface area contributed by atoms with Gasteiger partial charge in [0.25, 0.3) is 0 Å². The minimum absolute atomic E-state index is 0.397. The van der Waals surface area contributed by atoms with E-state index in [0.29, 0.717) is 18.5 Å². The number of hydrogen-bond donors (Lipinski definition) is 1. The number of hydrogen-bond acceptors (Lipinski definition) is 4. The van der Waals surface area contributed by atoms with Gasteiger partial charge in [-0.2, -0.15) is 0 Å². The predicted molar refractivity (Wildman–Crippen MR) is 92.4 cm³/mol. The van der Waals surface area contributed by atoms with E-state index in [4.69, 9.17) is 0 Å². The zero-order chi connectivity index (χ0) is 16.3. The van der Waals surface area contributed by atoms with Gasteiger partial charge in [-0.05, 0) is 56.6 Å². The van der Waals surface area contributed by atoms with Gasteiger partial charge in [0, 0.05) is 6.20 Å². The molecule has 1 aliphatic rings. The molecule has 1 aromatic carbocycles. The Kier molecular flexibility index (Phi) is 4.63. The second-order valence-corrected chi connectivity index (χ2v) is 7.78. The van der Waals surface area contributed by atoms with Gasteiger partial charge in [0.1, 0.15) is 0 Å². The van der Waals surface area contributed by atoms with E-state index in [1.54, 1.807) is 24.5 Å². The third-order valence-electron chi connectivity index (χ3n) is 4.17. The minimum Gasteiger partial charge on any atom is -0.320 e. The van der Waals surface area contributed by atoms with E-state index in [1.807, 2.05) is 31.3 Å². The van der Waals surface area contributed by atoms with Gasteiger partial charge in [0.15, 0.2) is 0 Å². The summed E-state index contributed by atoms with van der Waals surface area (Å²) in [5, 5.41) is 2.68. The van der Waals surface area contributed by atoms with Crippen LogP contribution in [0.4, 0.5) is 11.4 Å². The van der Waals surface area contributed by atoms with E-state index in [0.717, 1.165) is 24.2 Å². The van der Waals surface area contributed by atoms with E-state index >= 15 is 0 Å². The highest BCUT2D eigenvalue weighted by atomic mass is 32.2. The van der Waals surface area contributed by atoms with Gasteiger partial charge in [0.2, 0.25) is 10.0 Å². The summed E-state index contributed by atoms with van der Waals surface area (Å²) in [6.45, 7) is 0.820. The first-order chi connectivity index (χ1) is 11.1. The molecule has 0 bridgehead atoms. The molecule has 1 aliphatic heterocycles. The van der Waals surface area contributed by atoms with Crippen molar-refractivity contribution in [1.82, 2.24) is 10.3 Å². The first-order valence-electron chi connectivity index (χ1n) is 7.81. The molecule has 23 heavy (non-hydrogen) atoms. The highest BCUT2D eigenvalue weighted by Gasteiger charge is 2.38. The minimum atomic E-state index is -3.45. The fourth-order valence-corrected chi connectivity index (χ4v) is 5.04. The normalized spacial score (nSPS) is 19.3. The molecule has 2 heterocycles. The maximum atomic E-state index is 13.1. The third kappa shape index (κ3) is 3.09.